The van der Waals surface area contributed by atoms with Crippen LogP contribution in [0.2, 0.25) is 0 Å². The van der Waals surface area contributed by atoms with Gasteiger partial charge in [-0.2, -0.15) is 0 Å². The highest BCUT2D eigenvalue weighted by Gasteiger charge is 2.20. The zero-order valence-corrected chi connectivity index (χ0v) is 7.61. The predicted octanol–water partition coefficient (Wildman–Crippen LogP) is 1.47. The average molecular weight is 188 g/mol. The van der Waals surface area contributed by atoms with E-state index in [1.165, 1.54) is 13.2 Å². The Hall–Kier alpha value is -1.90. The van der Waals surface area contributed by atoms with Crippen molar-refractivity contribution in [2.24, 2.45) is 0 Å². The first kappa shape index (κ1) is 8.69. The highest BCUT2D eigenvalue weighted by atomic mass is 16.5. The minimum absolute atomic E-state index is 0.414. The molecule has 0 radical (unpaired) electrons. The van der Waals surface area contributed by atoms with Gasteiger partial charge in [0, 0.05) is 5.56 Å². The van der Waals surface area contributed by atoms with E-state index in [9.17, 15) is 9.59 Å². The van der Waals surface area contributed by atoms with Gasteiger partial charge in [0.05, 0.1) is 7.11 Å². The molecule has 1 aliphatic carbocycles. The lowest BCUT2D eigenvalue weighted by Gasteiger charge is -2.09. The van der Waals surface area contributed by atoms with Crippen LogP contribution in [0.15, 0.2) is 24.3 Å². The van der Waals surface area contributed by atoms with Gasteiger partial charge < -0.3 is 4.74 Å². The van der Waals surface area contributed by atoms with Crippen molar-refractivity contribution in [2.75, 3.05) is 7.11 Å². The van der Waals surface area contributed by atoms with Gasteiger partial charge in [-0.15, -0.1) is 0 Å². The van der Waals surface area contributed by atoms with Crippen molar-refractivity contribution in [1.82, 2.24) is 0 Å². The normalized spacial score (nSPS) is 14.1. The van der Waals surface area contributed by atoms with Gasteiger partial charge >= 0.3 is 0 Å². The van der Waals surface area contributed by atoms with Crippen LogP contribution in [0.1, 0.15) is 15.9 Å². The maximum absolute atomic E-state index is 11.4. The van der Waals surface area contributed by atoms with E-state index in [2.05, 4.69) is 0 Å². The lowest BCUT2D eigenvalue weighted by Crippen LogP contribution is -2.16. The molecule has 0 unspecified atom stereocenters. The molecule has 0 amide bonds. The number of hydrogen-bond donors (Lipinski definition) is 0. The highest BCUT2D eigenvalue weighted by Crippen LogP contribution is 2.22. The molecule has 14 heavy (non-hydrogen) atoms. The minimum Gasteiger partial charge on any atom is -0.497 e. The van der Waals surface area contributed by atoms with E-state index in [1.54, 1.807) is 24.3 Å². The summed E-state index contributed by atoms with van der Waals surface area (Å²) in [6.07, 6.45) is 2.93. The summed E-state index contributed by atoms with van der Waals surface area (Å²) in [4.78, 5) is 22.5. The zero-order chi connectivity index (χ0) is 10.1. The number of allylic oxidation sites excluding steroid dienone is 1. The Bertz CT molecular complexity index is 444. The maximum atomic E-state index is 11.4. The molecule has 1 aliphatic rings. The third-order valence-corrected chi connectivity index (χ3v) is 2.14. The van der Waals surface area contributed by atoms with Crippen molar-refractivity contribution in [3.8, 4) is 5.75 Å². The Morgan fingerprint density at radius 3 is 2.64 bits per heavy atom. The van der Waals surface area contributed by atoms with Crippen LogP contribution in [0.3, 0.4) is 0 Å². The molecule has 0 aliphatic heterocycles. The van der Waals surface area contributed by atoms with Crippen LogP contribution in [0.25, 0.3) is 6.08 Å². The van der Waals surface area contributed by atoms with Crippen molar-refractivity contribution < 1.29 is 14.3 Å². The topological polar surface area (TPSA) is 43.4 Å². The summed E-state index contributed by atoms with van der Waals surface area (Å²) in [5.74, 6) is -0.368. The third-order valence-electron chi connectivity index (χ3n) is 2.14. The number of benzene rings is 1. The zero-order valence-electron chi connectivity index (χ0n) is 7.61. The second-order valence-electron chi connectivity index (χ2n) is 2.98. The van der Waals surface area contributed by atoms with Gasteiger partial charge in [0.25, 0.3) is 0 Å². The molecule has 0 atom stereocenters. The number of methoxy groups -OCH3 is 1. The number of Topliss-reactive ketones (excluding diaryl/α,β-unsaturated/α-hetero) is 1. The Morgan fingerprint density at radius 1 is 1.14 bits per heavy atom. The minimum atomic E-state index is -0.481. The van der Waals surface area contributed by atoms with Crippen LogP contribution in [0, 0.1) is 0 Å². The monoisotopic (exact) mass is 188 g/mol. The molecule has 3 nitrogen and oxygen atoms in total. The molecule has 1 aromatic carbocycles. The Balaban J connectivity index is 2.59. The van der Waals surface area contributed by atoms with Gasteiger partial charge in [-0.1, -0.05) is 12.1 Å². The molecule has 0 saturated heterocycles. The molecule has 3 heteroatoms. The third kappa shape index (κ3) is 1.23. The number of carbonyl (C=O) groups is 2. The Labute approximate surface area is 81.0 Å². The first-order valence-corrected chi connectivity index (χ1v) is 4.17. The second kappa shape index (κ2) is 3.10. The quantitative estimate of drug-likeness (QED) is 0.627. The molecule has 1 aromatic rings. The SMILES string of the molecule is COc1ccc2c(c1)C(=O)C(=O)C=C2. The van der Waals surface area contributed by atoms with Crippen molar-refractivity contribution in [2.45, 2.75) is 0 Å². The van der Waals surface area contributed by atoms with Crippen LogP contribution < -0.4 is 4.74 Å². The van der Waals surface area contributed by atoms with Gasteiger partial charge in [0.1, 0.15) is 5.75 Å². The lowest BCUT2D eigenvalue weighted by molar-refractivity contribution is -0.110. The average Bonchev–Trinajstić information content (AvgIpc) is 2.23. The van der Waals surface area contributed by atoms with Crippen molar-refractivity contribution >= 4 is 17.6 Å². The van der Waals surface area contributed by atoms with E-state index in [4.69, 9.17) is 4.74 Å². The molecule has 0 bridgehead atoms. The van der Waals surface area contributed by atoms with E-state index in [1.807, 2.05) is 0 Å². The van der Waals surface area contributed by atoms with Crippen molar-refractivity contribution in [1.29, 1.82) is 0 Å². The molecular weight excluding hydrogens is 180 g/mol. The van der Waals surface area contributed by atoms with E-state index < -0.39 is 11.6 Å². The highest BCUT2D eigenvalue weighted by molar-refractivity contribution is 6.50. The fourth-order valence-corrected chi connectivity index (χ4v) is 1.38. The fourth-order valence-electron chi connectivity index (χ4n) is 1.38. The molecule has 0 saturated carbocycles. The molecule has 2 rings (SSSR count). The Kier molecular flexibility index (Phi) is 1.93. The van der Waals surface area contributed by atoms with Crippen LogP contribution in [0.5, 0.6) is 5.75 Å². The van der Waals surface area contributed by atoms with Gasteiger partial charge in [0.15, 0.2) is 0 Å². The summed E-state index contributed by atoms with van der Waals surface area (Å²) in [5, 5.41) is 0. The number of hydrogen-bond acceptors (Lipinski definition) is 3. The van der Waals surface area contributed by atoms with E-state index in [-0.39, 0.29) is 0 Å². The summed E-state index contributed by atoms with van der Waals surface area (Å²) in [5.41, 5.74) is 1.17. The van der Waals surface area contributed by atoms with Crippen molar-refractivity contribution in [3.63, 3.8) is 0 Å². The molecule has 0 heterocycles. The maximum Gasteiger partial charge on any atom is 0.233 e. The standard InChI is InChI=1S/C11H8O3/c1-14-8-4-2-7-3-5-10(12)11(13)9(7)6-8/h2-6H,1H3. The summed E-state index contributed by atoms with van der Waals surface area (Å²) >= 11 is 0. The van der Waals surface area contributed by atoms with Crippen LogP contribution in [0.4, 0.5) is 0 Å². The van der Waals surface area contributed by atoms with Crippen molar-refractivity contribution in [3.05, 3.63) is 35.4 Å². The van der Waals surface area contributed by atoms with Crippen LogP contribution >= 0.6 is 0 Å². The number of ether oxygens (including phenoxy) is 1. The summed E-state index contributed by atoms with van der Waals surface area (Å²) in [7, 11) is 1.52. The van der Waals surface area contributed by atoms with Gasteiger partial charge in [-0.05, 0) is 23.8 Å². The molecule has 0 spiro atoms. The van der Waals surface area contributed by atoms with E-state index >= 15 is 0 Å². The van der Waals surface area contributed by atoms with Gasteiger partial charge in [-0.25, -0.2) is 0 Å². The number of fused-ring (bicyclic) bond motifs is 1. The summed E-state index contributed by atoms with van der Waals surface area (Å²) in [6, 6.07) is 5.10. The largest absolute Gasteiger partial charge is 0.497 e. The summed E-state index contributed by atoms with van der Waals surface area (Å²) in [6.45, 7) is 0. The second-order valence-corrected chi connectivity index (χ2v) is 2.98. The smallest absolute Gasteiger partial charge is 0.233 e. The van der Waals surface area contributed by atoms with Gasteiger partial charge in [0.2, 0.25) is 11.6 Å². The Morgan fingerprint density at radius 2 is 1.93 bits per heavy atom. The number of ketones is 2. The van der Waals surface area contributed by atoms with Crippen LogP contribution in [-0.2, 0) is 4.79 Å². The molecule has 0 aromatic heterocycles. The molecule has 70 valence electrons. The van der Waals surface area contributed by atoms with E-state index in [0.717, 1.165) is 5.56 Å². The predicted molar refractivity (Wildman–Crippen MR) is 51.4 cm³/mol. The van der Waals surface area contributed by atoms with Crippen LogP contribution in [-0.4, -0.2) is 18.7 Å². The number of rotatable bonds is 1. The fraction of sp³-hybridized carbons (Fsp3) is 0.0909. The first-order valence-electron chi connectivity index (χ1n) is 4.17. The molecule has 0 fully saturated rings. The first-order chi connectivity index (χ1) is 6.72. The molecule has 0 N–H and O–H groups in total. The van der Waals surface area contributed by atoms with E-state index in [0.29, 0.717) is 11.3 Å². The lowest BCUT2D eigenvalue weighted by atomic mass is 9.95. The summed E-state index contributed by atoms with van der Waals surface area (Å²) < 4.78 is 4.98. The number of carbonyl (C=O) groups excluding carboxylic acids is 2. The van der Waals surface area contributed by atoms with Gasteiger partial charge in [-0.3, -0.25) is 9.59 Å². The molecular formula is C11H8O3.